The summed E-state index contributed by atoms with van der Waals surface area (Å²) >= 11 is 3.54. The number of rotatable bonds is 9. The Hall–Kier alpha value is -0.840. The zero-order chi connectivity index (χ0) is 15.0. The fourth-order valence-corrected chi connectivity index (χ4v) is 2.43. The molecule has 0 amide bonds. The molecule has 0 heterocycles. The number of hydrogen-bond acceptors (Lipinski definition) is 3. The molecule has 0 aliphatic heterocycles. The highest BCUT2D eigenvalue weighted by molar-refractivity contribution is 9.10. The van der Waals surface area contributed by atoms with Gasteiger partial charge in [-0.05, 0) is 36.6 Å². The maximum Gasteiger partial charge on any atom is 0.127 e. The lowest BCUT2D eigenvalue weighted by Crippen LogP contribution is -2.19. The molecule has 0 aliphatic carbocycles. The summed E-state index contributed by atoms with van der Waals surface area (Å²) in [5.41, 5.74) is 3.38. The highest BCUT2D eigenvalue weighted by atomic mass is 79.9. The smallest absolute Gasteiger partial charge is 0.127 e. The highest BCUT2D eigenvalue weighted by Crippen LogP contribution is 2.28. The maximum atomic E-state index is 5.94. The SMILES string of the molecule is C=C(CC)COc1c(C)cc(Br)cc1CNCCOC. The summed E-state index contributed by atoms with van der Waals surface area (Å²) < 4.78 is 12.0. The summed E-state index contributed by atoms with van der Waals surface area (Å²) in [7, 11) is 1.70. The molecule has 0 atom stereocenters. The van der Waals surface area contributed by atoms with Crippen LogP contribution in [0, 0.1) is 6.92 Å². The third-order valence-electron chi connectivity index (χ3n) is 3.04. The fraction of sp³-hybridized carbons (Fsp3) is 0.500. The fourth-order valence-electron chi connectivity index (χ4n) is 1.81. The van der Waals surface area contributed by atoms with Crippen LogP contribution in [0.25, 0.3) is 0 Å². The van der Waals surface area contributed by atoms with Crippen molar-refractivity contribution in [3.63, 3.8) is 0 Å². The Labute approximate surface area is 130 Å². The molecular formula is C16H24BrNO2. The summed E-state index contributed by atoms with van der Waals surface area (Å²) in [6, 6.07) is 4.17. The Morgan fingerprint density at radius 1 is 1.40 bits per heavy atom. The predicted octanol–water partition coefficient (Wildman–Crippen LogP) is 3.84. The molecule has 0 saturated carbocycles. The summed E-state index contributed by atoms with van der Waals surface area (Å²) in [5.74, 6) is 0.952. The normalized spacial score (nSPS) is 10.6. The van der Waals surface area contributed by atoms with E-state index in [1.54, 1.807) is 7.11 Å². The van der Waals surface area contributed by atoms with E-state index in [9.17, 15) is 0 Å². The molecule has 1 N–H and O–H groups in total. The van der Waals surface area contributed by atoms with Gasteiger partial charge >= 0.3 is 0 Å². The molecule has 0 bridgehead atoms. The van der Waals surface area contributed by atoms with Crippen LogP contribution in [0.4, 0.5) is 0 Å². The zero-order valence-electron chi connectivity index (χ0n) is 12.6. The van der Waals surface area contributed by atoms with Crippen LogP contribution in [0.5, 0.6) is 5.75 Å². The van der Waals surface area contributed by atoms with Crippen LogP contribution in [0.1, 0.15) is 24.5 Å². The van der Waals surface area contributed by atoms with Gasteiger partial charge in [0.2, 0.25) is 0 Å². The Morgan fingerprint density at radius 2 is 2.15 bits per heavy atom. The quantitative estimate of drug-likeness (QED) is 0.546. The molecule has 1 aromatic carbocycles. The first-order valence-corrected chi connectivity index (χ1v) is 7.65. The van der Waals surface area contributed by atoms with E-state index in [0.717, 1.165) is 46.4 Å². The summed E-state index contributed by atoms with van der Waals surface area (Å²) in [4.78, 5) is 0. The van der Waals surface area contributed by atoms with Crippen molar-refractivity contribution < 1.29 is 9.47 Å². The van der Waals surface area contributed by atoms with Crippen molar-refractivity contribution in [2.24, 2.45) is 0 Å². The average Bonchev–Trinajstić information content (AvgIpc) is 2.42. The van der Waals surface area contributed by atoms with Gasteiger partial charge in [-0.2, -0.15) is 0 Å². The van der Waals surface area contributed by atoms with Gasteiger partial charge < -0.3 is 14.8 Å². The van der Waals surface area contributed by atoms with E-state index in [0.29, 0.717) is 13.2 Å². The van der Waals surface area contributed by atoms with Crippen molar-refractivity contribution in [1.29, 1.82) is 0 Å². The Bertz CT molecular complexity index is 446. The number of benzene rings is 1. The van der Waals surface area contributed by atoms with Crippen molar-refractivity contribution in [3.05, 3.63) is 39.9 Å². The molecule has 112 valence electrons. The molecule has 3 nitrogen and oxygen atoms in total. The van der Waals surface area contributed by atoms with E-state index < -0.39 is 0 Å². The van der Waals surface area contributed by atoms with Crippen LogP contribution in [-0.4, -0.2) is 26.9 Å². The lowest BCUT2D eigenvalue weighted by atomic mass is 10.1. The molecule has 0 spiro atoms. The van der Waals surface area contributed by atoms with Crippen molar-refractivity contribution in [1.82, 2.24) is 5.32 Å². The van der Waals surface area contributed by atoms with Crippen molar-refractivity contribution in [2.75, 3.05) is 26.9 Å². The standard InChI is InChI=1S/C16H24BrNO2/c1-5-12(2)11-20-16-13(3)8-15(17)9-14(16)10-18-6-7-19-4/h8-9,18H,2,5-7,10-11H2,1,3-4H3. The minimum atomic E-state index is 0.573. The van der Waals surface area contributed by atoms with E-state index in [1.807, 2.05) is 0 Å². The van der Waals surface area contributed by atoms with Crippen LogP contribution in [0.2, 0.25) is 0 Å². The van der Waals surface area contributed by atoms with Gasteiger partial charge in [-0.3, -0.25) is 0 Å². The second kappa shape index (κ2) is 9.16. The van der Waals surface area contributed by atoms with Gasteiger partial charge in [0, 0.05) is 30.2 Å². The third-order valence-corrected chi connectivity index (χ3v) is 3.49. The van der Waals surface area contributed by atoms with E-state index in [-0.39, 0.29) is 0 Å². The maximum absolute atomic E-state index is 5.94. The Morgan fingerprint density at radius 3 is 2.80 bits per heavy atom. The molecule has 0 saturated heterocycles. The molecule has 0 unspecified atom stereocenters. The zero-order valence-corrected chi connectivity index (χ0v) is 14.2. The molecule has 1 rings (SSSR count). The molecule has 20 heavy (non-hydrogen) atoms. The van der Waals surface area contributed by atoms with Crippen molar-refractivity contribution in [2.45, 2.75) is 26.8 Å². The third kappa shape index (κ3) is 5.65. The molecule has 0 aromatic heterocycles. The molecule has 0 fully saturated rings. The monoisotopic (exact) mass is 341 g/mol. The summed E-state index contributed by atoms with van der Waals surface area (Å²) in [5, 5.41) is 3.35. The van der Waals surface area contributed by atoms with Gasteiger partial charge in [0.15, 0.2) is 0 Å². The van der Waals surface area contributed by atoms with E-state index in [2.05, 4.69) is 53.8 Å². The van der Waals surface area contributed by atoms with Gasteiger partial charge in [-0.15, -0.1) is 0 Å². The predicted molar refractivity (Wildman–Crippen MR) is 87.4 cm³/mol. The second-order valence-electron chi connectivity index (χ2n) is 4.77. The number of methoxy groups -OCH3 is 1. The van der Waals surface area contributed by atoms with Gasteiger partial charge in [0.1, 0.15) is 12.4 Å². The first-order valence-electron chi connectivity index (χ1n) is 6.86. The lowest BCUT2D eigenvalue weighted by Gasteiger charge is -2.16. The van der Waals surface area contributed by atoms with Gasteiger partial charge in [-0.1, -0.05) is 29.4 Å². The van der Waals surface area contributed by atoms with E-state index in [1.165, 1.54) is 0 Å². The molecule has 0 radical (unpaired) electrons. The van der Waals surface area contributed by atoms with Crippen molar-refractivity contribution >= 4 is 15.9 Å². The summed E-state index contributed by atoms with van der Waals surface area (Å²) in [6.07, 6.45) is 0.941. The first kappa shape index (κ1) is 17.2. The van der Waals surface area contributed by atoms with Crippen LogP contribution in [0.15, 0.2) is 28.8 Å². The molecular weight excluding hydrogens is 318 g/mol. The second-order valence-corrected chi connectivity index (χ2v) is 5.69. The minimum absolute atomic E-state index is 0.573. The first-order chi connectivity index (χ1) is 9.58. The Balaban J connectivity index is 2.76. The van der Waals surface area contributed by atoms with Gasteiger partial charge in [0.05, 0.1) is 6.61 Å². The van der Waals surface area contributed by atoms with E-state index in [4.69, 9.17) is 9.47 Å². The largest absolute Gasteiger partial charge is 0.489 e. The average molecular weight is 342 g/mol. The number of ether oxygens (including phenoxy) is 2. The van der Waals surface area contributed by atoms with Crippen LogP contribution < -0.4 is 10.1 Å². The van der Waals surface area contributed by atoms with Crippen LogP contribution in [0.3, 0.4) is 0 Å². The Kier molecular flexibility index (Phi) is 7.88. The number of aryl methyl sites for hydroxylation is 1. The van der Waals surface area contributed by atoms with Crippen molar-refractivity contribution in [3.8, 4) is 5.75 Å². The molecule has 0 aliphatic rings. The molecule has 4 heteroatoms. The lowest BCUT2D eigenvalue weighted by molar-refractivity contribution is 0.199. The number of nitrogens with one attached hydrogen (secondary N) is 1. The van der Waals surface area contributed by atoms with Gasteiger partial charge in [0.25, 0.3) is 0 Å². The number of halogens is 1. The summed E-state index contributed by atoms with van der Waals surface area (Å²) in [6.45, 7) is 11.0. The van der Waals surface area contributed by atoms with Crippen LogP contribution >= 0.6 is 15.9 Å². The van der Waals surface area contributed by atoms with Gasteiger partial charge in [-0.25, -0.2) is 0 Å². The highest BCUT2D eigenvalue weighted by Gasteiger charge is 2.09. The molecule has 1 aromatic rings. The topological polar surface area (TPSA) is 30.5 Å². The van der Waals surface area contributed by atoms with Crippen LogP contribution in [-0.2, 0) is 11.3 Å². The number of hydrogen-bond donors (Lipinski definition) is 1. The minimum Gasteiger partial charge on any atom is -0.489 e. The van der Waals surface area contributed by atoms with E-state index >= 15 is 0 Å².